The van der Waals surface area contributed by atoms with Crippen LogP contribution in [0.4, 0.5) is 0 Å². The fourth-order valence-electron chi connectivity index (χ4n) is 1.61. The van der Waals surface area contributed by atoms with Crippen LogP contribution in [0.2, 0.25) is 0 Å². The number of carbonyl (C=O) groups is 2. The van der Waals surface area contributed by atoms with Crippen molar-refractivity contribution in [2.45, 2.75) is 33.4 Å². The molecule has 0 unspecified atom stereocenters. The number of nitrogens with two attached hydrogens (primary N) is 1. The van der Waals surface area contributed by atoms with Gasteiger partial charge in [0.15, 0.2) is 0 Å². The number of carbonyl (C=O) groups excluding carboxylic acids is 2. The highest BCUT2D eigenvalue weighted by atomic mass is 16.3. The maximum Gasteiger partial charge on any atom is 0.242 e. The smallest absolute Gasteiger partial charge is 0.242 e. The van der Waals surface area contributed by atoms with Crippen molar-refractivity contribution >= 4 is 11.8 Å². The largest absolute Gasteiger partial charge is 0.464 e. The minimum atomic E-state index is -0.596. The Morgan fingerprint density at radius 3 is 2.55 bits per heavy atom. The van der Waals surface area contributed by atoms with Crippen LogP contribution in [0, 0.1) is 12.8 Å². The van der Waals surface area contributed by atoms with E-state index in [1.54, 1.807) is 7.05 Å². The molecule has 112 valence electrons. The second-order valence-corrected chi connectivity index (χ2v) is 5.25. The van der Waals surface area contributed by atoms with Crippen LogP contribution < -0.4 is 11.1 Å². The molecule has 6 heteroatoms. The normalized spacial score (nSPS) is 12.3. The number of aryl methyl sites for hydroxylation is 1. The number of rotatable bonds is 6. The quantitative estimate of drug-likeness (QED) is 0.801. The molecule has 0 aliphatic heterocycles. The molecular weight excluding hydrogens is 258 g/mol. The van der Waals surface area contributed by atoms with E-state index in [2.05, 4.69) is 5.32 Å². The lowest BCUT2D eigenvalue weighted by molar-refractivity contribution is -0.133. The summed E-state index contributed by atoms with van der Waals surface area (Å²) in [5.74, 6) is 1.05. The standard InChI is InChI=1S/C14H23N3O3/c1-9(2)13(15)14(19)16-7-12(18)17(4)8-11-6-5-10(3)20-11/h5-6,9,13H,7-8,15H2,1-4H3,(H,16,19)/t13-/m0/s1. The maximum atomic E-state index is 11.9. The molecule has 0 spiro atoms. The molecule has 1 aromatic rings. The molecule has 0 aromatic carbocycles. The van der Waals surface area contributed by atoms with Gasteiger partial charge in [0.05, 0.1) is 19.1 Å². The van der Waals surface area contributed by atoms with Gasteiger partial charge in [-0.1, -0.05) is 13.8 Å². The van der Waals surface area contributed by atoms with Gasteiger partial charge < -0.3 is 20.4 Å². The van der Waals surface area contributed by atoms with E-state index in [-0.39, 0.29) is 24.3 Å². The van der Waals surface area contributed by atoms with Gasteiger partial charge in [-0.05, 0) is 25.0 Å². The first-order valence-electron chi connectivity index (χ1n) is 6.63. The fourth-order valence-corrected chi connectivity index (χ4v) is 1.61. The van der Waals surface area contributed by atoms with Crippen LogP contribution in [0.1, 0.15) is 25.4 Å². The third-order valence-electron chi connectivity index (χ3n) is 3.05. The van der Waals surface area contributed by atoms with E-state index >= 15 is 0 Å². The SMILES string of the molecule is Cc1ccc(CN(C)C(=O)CNC(=O)[C@@H](N)C(C)C)o1. The minimum Gasteiger partial charge on any atom is -0.464 e. The third-order valence-corrected chi connectivity index (χ3v) is 3.05. The van der Waals surface area contributed by atoms with E-state index in [9.17, 15) is 9.59 Å². The van der Waals surface area contributed by atoms with Crippen molar-refractivity contribution < 1.29 is 14.0 Å². The second-order valence-electron chi connectivity index (χ2n) is 5.25. The molecule has 1 rings (SSSR count). The summed E-state index contributed by atoms with van der Waals surface area (Å²) in [4.78, 5) is 25.0. The van der Waals surface area contributed by atoms with Gasteiger partial charge in [-0.2, -0.15) is 0 Å². The number of hydrogen-bond acceptors (Lipinski definition) is 4. The number of hydrogen-bond donors (Lipinski definition) is 2. The van der Waals surface area contributed by atoms with Crippen LogP contribution >= 0.6 is 0 Å². The molecule has 0 bridgehead atoms. The minimum absolute atomic E-state index is 0.0360. The third kappa shape index (κ3) is 4.70. The molecule has 20 heavy (non-hydrogen) atoms. The Bertz CT molecular complexity index is 468. The zero-order valence-electron chi connectivity index (χ0n) is 12.5. The van der Waals surface area contributed by atoms with E-state index in [0.717, 1.165) is 5.76 Å². The van der Waals surface area contributed by atoms with Crippen molar-refractivity contribution in [3.63, 3.8) is 0 Å². The molecule has 3 N–H and O–H groups in total. The van der Waals surface area contributed by atoms with E-state index in [1.165, 1.54) is 4.90 Å². The summed E-state index contributed by atoms with van der Waals surface area (Å²) >= 11 is 0. The molecule has 0 fully saturated rings. The van der Waals surface area contributed by atoms with Crippen molar-refractivity contribution in [2.24, 2.45) is 11.7 Å². The number of nitrogens with zero attached hydrogens (tertiary/aromatic N) is 1. The number of amides is 2. The number of likely N-dealkylation sites (N-methyl/N-ethyl adjacent to an activating group) is 1. The summed E-state index contributed by atoms with van der Waals surface area (Å²) in [6.45, 7) is 5.88. The summed E-state index contributed by atoms with van der Waals surface area (Å²) in [6, 6.07) is 3.07. The summed E-state index contributed by atoms with van der Waals surface area (Å²) < 4.78 is 5.40. The molecule has 2 amide bonds. The van der Waals surface area contributed by atoms with Gasteiger partial charge in [0.2, 0.25) is 11.8 Å². The molecule has 0 saturated carbocycles. The average molecular weight is 281 g/mol. The second kappa shape index (κ2) is 7.09. The van der Waals surface area contributed by atoms with Crippen molar-refractivity contribution in [3.8, 4) is 0 Å². The van der Waals surface area contributed by atoms with E-state index in [4.69, 9.17) is 10.2 Å². The summed E-state index contributed by atoms with van der Waals surface area (Å²) in [5.41, 5.74) is 5.70. The van der Waals surface area contributed by atoms with Crippen LogP contribution in [0.3, 0.4) is 0 Å². The molecule has 1 heterocycles. The molecule has 0 aliphatic carbocycles. The monoisotopic (exact) mass is 281 g/mol. The lowest BCUT2D eigenvalue weighted by atomic mass is 10.1. The molecular formula is C14H23N3O3. The van der Waals surface area contributed by atoms with Gasteiger partial charge >= 0.3 is 0 Å². The Hall–Kier alpha value is -1.82. The highest BCUT2D eigenvalue weighted by Gasteiger charge is 2.18. The first-order chi connectivity index (χ1) is 9.31. The van der Waals surface area contributed by atoms with Crippen LogP contribution in [0.15, 0.2) is 16.5 Å². The molecule has 0 aliphatic rings. The predicted octanol–water partition coefficient (Wildman–Crippen LogP) is 0.646. The molecule has 6 nitrogen and oxygen atoms in total. The van der Waals surface area contributed by atoms with Crippen molar-refractivity contribution in [3.05, 3.63) is 23.7 Å². The van der Waals surface area contributed by atoms with Gasteiger partial charge in [0.1, 0.15) is 11.5 Å². The Kier molecular flexibility index (Phi) is 5.76. The summed E-state index contributed by atoms with van der Waals surface area (Å²) in [5, 5.41) is 2.55. The van der Waals surface area contributed by atoms with Gasteiger partial charge in [0, 0.05) is 7.05 Å². The van der Waals surface area contributed by atoms with Crippen LogP contribution in [0.25, 0.3) is 0 Å². The highest BCUT2D eigenvalue weighted by molar-refractivity contribution is 5.87. The van der Waals surface area contributed by atoms with Crippen LogP contribution in [-0.4, -0.2) is 36.3 Å². The fraction of sp³-hybridized carbons (Fsp3) is 0.571. The Morgan fingerprint density at radius 1 is 1.40 bits per heavy atom. The predicted molar refractivity (Wildman–Crippen MR) is 75.7 cm³/mol. The lowest BCUT2D eigenvalue weighted by Crippen LogP contribution is -2.47. The number of furan rings is 1. The first kappa shape index (κ1) is 16.2. The molecule has 0 saturated heterocycles. The van der Waals surface area contributed by atoms with E-state index in [0.29, 0.717) is 12.3 Å². The van der Waals surface area contributed by atoms with Gasteiger partial charge in [0.25, 0.3) is 0 Å². The maximum absolute atomic E-state index is 11.9. The lowest BCUT2D eigenvalue weighted by Gasteiger charge is -2.18. The average Bonchev–Trinajstić information content (AvgIpc) is 2.79. The van der Waals surface area contributed by atoms with Crippen molar-refractivity contribution in [2.75, 3.05) is 13.6 Å². The Morgan fingerprint density at radius 2 is 2.05 bits per heavy atom. The van der Waals surface area contributed by atoms with E-state index < -0.39 is 6.04 Å². The zero-order chi connectivity index (χ0) is 15.3. The van der Waals surface area contributed by atoms with Crippen LogP contribution in [0.5, 0.6) is 0 Å². The van der Waals surface area contributed by atoms with Crippen molar-refractivity contribution in [1.82, 2.24) is 10.2 Å². The topological polar surface area (TPSA) is 88.6 Å². The molecule has 0 radical (unpaired) electrons. The van der Waals surface area contributed by atoms with Crippen molar-refractivity contribution in [1.29, 1.82) is 0 Å². The van der Waals surface area contributed by atoms with Gasteiger partial charge in [-0.25, -0.2) is 0 Å². The van der Waals surface area contributed by atoms with Crippen LogP contribution in [-0.2, 0) is 16.1 Å². The summed E-state index contributed by atoms with van der Waals surface area (Å²) in [6.07, 6.45) is 0. The summed E-state index contributed by atoms with van der Waals surface area (Å²) in [7, 11) is 1.66. The Balaban J connectivity index is 2.40. The first-order valence-corrected chi connectivity index (χ1v) is 6.63. The Labute approximate surface area is 119 Å². The highest BCUT2D eigenvalue weighted by Crippen LogP contribution is 2.08. The zero-order valence-corrected chi connectivity index (χ0v) is 12.5. The number of nitrogens with one attached hydrogen (secondary N) is 1. The molecule has 1 atom stereocenters. The molecule has 1 aromatic heterocycles. The van der Waals surface area contributed by atoms with Gasteiger partial charge in [-0.3, -0.25) is 9.59 Å². The van der Waals surface area contributed by atoms with E-state index in [1.807, 2.05) is 32.9 Å². The van der Waals surface area contributed by atoms with Gasteiger partial charge in [-0.15, -0.1) is 0 Å².